The summed E-state index contributed by atoms with van der Waals surface area (Å²) < 4.78 is 13.4. The first-order valence-electron chi connectivity index (χ1n) is 7.06. The molecule has 1 aromatic carbocycles. The van der Waals surface area contributed by atoms with Crippen molar-refractivity contribution in [3.05, 3.63) is 36.8 Å². The van der Waals surface area contributed by atoms with Gasteiger partial charge in [0.15, 0.2) is 17.1 Å². The van der Waals surface area contributed by atoms with Crippen molar-refractivity contribution in [3.63, 3.8) is 0 Å². The molecule has 1 unspecified atom stereocenters. The minimum Gasteiger partial charge on any atom is -0.486 e. The molecule has 0 fully saturated rings. The number of nitrogens with one attached hydrogen (secondary N) is 1. The first-order chi connectivity index (χ1) is 10.8. The van der Waals surface area contributed by atoms with Crippen molar-refractivity contribution in [1.82, 2.24) is 19.5 Å². The highest BCUT2D eigenvalue weighted by Crippen LogP contribution is 2.30. The average molecular weight is 297 g/mol. The van der Waals surface area contributed by atoms with E-state index in [0.717, 1.165) is 22.7 Å². The van der Waals surface area contributed by atoms with Crippen LogP contribution in [-0.2, 0) is 7.05 Å². The fourth-order valence-corrected chi connectivity index (χ4v) is 2.37. The van der Waals surface area contributed by atoms with Crippen LogP contribution in [0.5, 0.6) is 11.5 Å². The number of imidazole rings is 1. The number of aromatic nitrogens is 4. The van der Waals surface area contributed by atoms with E-state index in [4.69, 9.17) is 9.47 Å². The monoisotopic (exact) mass is 297 g/mol. The summed E-state index contributed by atoms with van der Waals surface area (Å²) >= 11 is 0. The van der Waals surface area contributed by atoms with Gasteiger partial charge in [0.1, 0.15) is 18.2 Å². The van der Waals surface area contributed by atoms with Crippen LogP contribution in [0.1, 0.15) is 0 Å². The SMILES string of the molecule is Cn1cnc2cnc(NCC3COc4ccccc4O3)nc21. The normalized spacial score (nSPS) is 16.7. The van der Waals surface area contributed by atoms with Crippen LogP contribution in [-0.4, -0.2) is 38.8 Å². The van der Waals surface area contributed by atoms with Crippen LogP contribution in [0.15, 0.2) is 36.8 Å². The molecule has 0 aliphatic carbocycles. The zero-order valence-electron chi connectivity index (χ0n) is 12.1. The molecule has 22 heavy (non-hydrogen) atoms. The second-order valence-corrected chi connectivity index (χ2v) is 5.14. The Hall–Kier alpha value is -2.83. The molecule has 0 saturated heterocycles. The number of hydrogen-bond donors (Lipinski definition) is 1. The standard InChI is InChI=1S/C15H15N5O2/c1-20-9-18-11-7-17-15(19-14(11)20)16-6-10-8-21-12-4-2-3-5-13(12)22-10/h2-5,7,9-10H,6,8H2,1H3,(H,16,17,19). The van der Waals surface area contributed by atoms with E-state index in [1.807, 2.05) is 35.9 Å². The van der Waals surface area contributed by atoms with Crippen LogP contribution < -0.4 is 14.8 Å². The fraction of sp³-hybridized carbons (Fsp3) is 0.267. The van der Waals surface area contributed by atoms with Crippen LogP contribution in [0.3, 0.4) is 0 Å². The van der Waals surface area contributed by atoms with Crippen molar-refractivity contribution < 1.29 is 9.47 Å². The molecule has 1 aliphatic rings. The van der Waals surface area contributed by atoms with Gasteiger partial charge in [0.05, 0.1) is 19.1 Å². The molecule has 7 heteroatoms. The Morgan fingerprint density at radius 2 is 2.14 bits per heavy atom. The molecule has 0 amide bonds. The van der Waals surface area contributed by atoms with Gasteiger partial charge in [-0.1, -0.05) is 12.1 Å². The van der Waals surface area contributed by atoms with E-state index >= 15 is 0 Å². The van der Waals surface area contributed by atoms with E-state index in [9.17, 15) is 0 Å². The summed E-state index contributed by atoms with van der Waals surface area (Å²) in [7, 11) is 1.90. The third-order valence-corrected chi connectivity index (χ3v) is 3.51. The van der Waals surface area contributed by atoms with E-state index in [1.165, 1.54) is 0 Å². The van der Waals surface area contributed by atoms with Crippen molar-refractivity contribution >= 4 is 17.1 Å². The number of aryl methyl sites for hydroxylation is 1. The number of fused-ring (bicyclic) bond motifs is 2. The summed E-state index contributed by atoms with van der Waals surface area (Å²) in [6.07, 6.45) is 3.34. The minimum absolute atomic E-state index is 0.0827. The maximum atomic E-state index is 5.89. The Morgan fingerprint density at radius 3 is 3.05 bits per heavy atom. The maximum absolute atomic E-state index is 5.89. The second kappa shape index (κ2) is 5.18. The van der Waals surface area contributed by atoms with Crippen LogP contribution >= 0.6 is 0 Å². The van der Waals surface area contributed by atoms with Crippen LogP contribution in [0.2, 0.25) is 0 Å². The molecular weight excluding hydrogens is 282 g/mol. The third-order valence-electron chi connectivity index (χ3n) is 3.51. The Kier molecular flexibility index (Phi) is 3.03. The summed E-state index contributed by atoms with van der Waals surface area (Å²) in [6, 6.07) is 7.66. The molecule has 3 heterocycles. The highest BCUT2D eigenvalue weighted by molar-refractivity contribution is 5.70. The number of rotatable bonds is 3. The van der Waals surface area contributed by atoms with E-state index < -0.39 is 0 Å². The summed E-state index contributed by atoms with van der Waals surface area (Å²) in [5, 5.41) is 3.19. The topological polar surface area (TPSA) is 74.1 Å². The highest BCUT2D eigenvalue weighted by atomic mass is 16.6. The predicted octanol–water partition coefficient (Wildman–Crippen LogP) is 1.62. The van der Waals surface area contributed by atoms with E-state index in [1.54, 1.807) is 12.5 Å². The van der Waals surface area contributed by atoms with Gasteiger partial charge in [0.2, 0.25) is 5.95 Å². The summed E-state index contributed by atoms with van der Waals surface area (Å²) in [5.41, 5.74) is 1.57. The lowest BCUT2D eigenvalue weighted by atomic mass is 10.2. The lowest BCUT2D eigenvalue weighted by molar-refractivity contribution is 0.0996. The number of ether oxygens (including phenoxy) is 2. The first-order valence-corrected chi connectivity index (χ1v) is 7.06. The fourth-order valence-electron chi connectivity index (χ4n) is 2.37. The van der Waals surface area contributed by atoms with E-state index in [-0.39, 0.29) is 6.10 Å². The van der Waals surface area contributed by atoms with Crippen LogP contribution in [0.25, 0.3) is 11.2 Å². The summed E-state index contributed by atoms with van der Waals surface area (Å²) in [6.45, 7) is 1.07. The molecule has 0 saturated carbocycles. The van der Waals surface area contributed by atoms with Gasteiger partial charge < -0.3 is 19.4 Å². The third kappa shape index (κ3) is 2.30. The van der Waals surface area contributed by atoms with Crippen molar-refractivity contribution in [3.8, 4) is 11.5 Å². The average Bonchev–Trinajstić information content (AvgIpc) is 2.93. The van der Waals surface area contributed by atoms with Gasteiger partial charge in [0.25, 0.3) is 0 Å². The van der Waals surface area contributed by atoms with Gasteiger partial charge in [-0.05, 0) is 12.1 Å². The lowest BCUT2D eigenvalue weighted by Gasteiger charge is -2.26. The van der Waals surface area contributed by atoms with Crippen molar-refractivity contribution in [2.45, 2.75) is 6.10 Å². The van der Waals surface area contributed by atoms with Gasteiger partial charge in [-0.2, -0.15) is 4.98 Å². The quantitative estimate of drug-likeness (QED) is 0.792. The van der Waals surface area contributed by atoms with Gasteiger partial charge in [-0.25, -0.2) is 9.97 Å². The summed E-state index contributed by atoms with van der Waals surface area (Å²) in [4.78, 5) is 12.9. The Morgan fingerprint density at radius 1 is 1.27 bits per heavy atom. The maximum Gasteiger partial charge on any atom is 0.224 e. The molecule has 1 atom stereocenters. The van der Waals surface area contributed by atoms with Crippen molar-refractivity contribution in [2.24, 2.45) is 7.05 Å². The number of para-hydroxylation sites is 2. The smallest absolute Gasteiger partial charge is 0.224 e. The lowest BCUT2D eigenvalue weighted by Crippen LogP contribution is -2.35. The molecule has 1 N–H and O–H groups in total. The molecule has 0 spiro atoms. The van der Waals surface area contributed by atoms with Crippen LogP contribution in [0.4, 0.5) is 5.95 Å². The Balaban J connectivity index is 1.45. The molecule has 3 aromatic rings. The zero-order chi connectivity index (χ0) is 14.9. The molecule has 0 bridgehead atoms. The molecule has 1 aliphatic heterocycles. The predicted molar refractivity (Wildman–Crippen MR) is 81.1 cm³/mol. The molecule has 7 nitrogen and oxygen atoms in total. The molecular formula is C15H15N5O2. The minimum atomic E-state index is -0.0827. The second-order valence-electron chi connectivity index (χ2n) is 5.14. The number of benzene rings is 1. The molecule has 0 radical (unpaired) electrons. The van der Waals surface area contributed by atoms with Crippen LogP contribution in [0, 0.1) is 0 Å². The highest BCUT2D eigenvalue weighted by Gasteiger charge is 2.20. The van der Waals surface area contributed by atoms with Crippen molar-refractivity contribution in [2.75, 3.05) is 18.5 Å². The van der Waals surface area contributed by atoms with Gasteiger partial charge in [-0.15, -0.1) is 0 Å². The van der Waals surface area contributed by atoms with Gasteiger partial charge >= 0.3 is 0 Å². The molecule has 112 valence electrons. The van der Waals surface area contributed by atoms with E-state index in [0.29, 0.717) is 19.1 Å². The first kappa shape index (κ1) is 12.9. The largest absolute Gasteiger partial charge is 0.486 e. The number of hydrogen-bond acceptors (Lipinski definition) is 6. The zero-order valence-corrected chi connectivity index (χ0v) is 12.1. The van der Waals surface area contributed by atoms with Crippen molar-refractivity contribution in [1.29, 1.82) is 0 Å². The Bertz CT molecular complexity index is 817. The molecule has 2 aromatic heterocycles. The Labute approximate surface area is 126 Å². The number of anilines is 1. The van der Waals surface area contributed by atoms with Gasteiger partial charge in [-0.3, -0.25) is 0 Å². The molecule has 4 rings (SSSR count). The number of nitrogens with zero attached hydrogens (tertiary/aromatic N) is 4. The summed E-state index contributed by atoms with van der Waals surface area (Å²) in [5.74, 6) is 2.11. The van der Waals surface area contributed by atoms with E-state index in [2.05, 4.69) is 20.3 Å². The van der Waals surface area contributed by atoms with Gasteiger partial charge in [0, 0.05) is 7.05 Å².